The van der Waals surface area contributed by atoms with Crippen LogP contribution in [0.3, 0.4) is 0 Å². The highest BCUT2D eigenvalue weighted by atomic mass is 32.2. The average Bonchev–Trinajstić information content (AvgIpc) is 2.15. The molecule has 3 heteroatoms. The van der Waals surface area contributed by atoms with Gasteiger partial charge in [0.15, 0.2) is 0 Å². The van der Waals surface area contributed by atoms with E-state index >= 15 is 0 Å². The molecule has 66 valence electrons. The van der Waals surface area contributed by atoms with Gasteiger partial charge in [-0.05, 0) is 24.0 Å². The van der Waals surface area contributed by atoms with E-state index in [9.17, 15) is 0 Å². The quantitative estimate of drug-likeness (QED) is 0.570. The highest BCUT2D eigenvalue weighted by Crippen LogP contribution is 2.14. The van der Waals surface area contributed by atoms with Crippen LogP contribution in [0.2, 0.25) is 0 Å². The first-order valence-corrected chi connectivity index (χ1v) is 4.98. The number of rotatable bonds is 4. The predicted molar refractivity (Wildman–Crippen MR) is 52.1 cm³/mol. The highest BCUT2D eigenvalue weighted by Gasteiger charge is 1.91. The lowest BCUT2D eigenvalue weighted by Gasteiger charge is -2.02. The number of hydroxylamine groups is 1. The number of benzene rings is 1. The van der Waals surface area contributed by atoms with E-state index in [4.69, 9.17) is 4.84 Å². The molecule has 0 aromatic heterocycles. The maximum absolute atomic E-state index is 4.75. The topological polar surface area (TPSA) is 21.3 Å². The van der Waals surface area contributed by atoms with Crippen molar-refractivity contribution < 1.29 is 4.84 Å². The molecule has 0 fully saturated rings. The van der Waals surface area contributed by atoms with Crippen molar-refractivity contribution in [3.05, 3.63) is 29.8 Å². The summed E-state index contributed by atoms with van der Waals surface area (Å²) in [6, 6.07) is 8.41. The molecule has 0 spiro atoms. The molecule has 2 nitrogen and oxygen atoms in total. The van der Waals surface area contributed by atoms with Crippen molar-refractivity contribution in [3.63, 3.8) is 0 Å². The Labute approximate surface area is 77.3 Å². The lowest BCUT2D eigenvalue weighted by molar-refractivity contribution is 0.0867. The van der Waals surface area contributed by atoms with E-state index in [1.807, 2.05) is 0 Å². The fourth-order valence-electron chi connectivity index (χ4n) is 0.899. The zero-order valence-electron chi connectivity index (χ0n) is 7.33. The van der Waals surface area contributed by atoms with Gasteiger partial charge in [-0.25, -0.2) is 0 Å². The van der Waals surface area contributed by atoms with Gasteiger partial charge in [-0.3, -0.25) is 0 Å². The van der Waals surface area contributed by atoms with Gasteiger partial charge in [-0.15, -0.1) is 11.8 Å². The van der Waals surface area contributed by atoms with Gasteiger partial charge in [0.1, 0.15) is 0 Å². The van der Waals surface area contributed by atoms with E-state index in [1.54, 1.807) is 18.9 Å². The molecule has 1 aromatic rings. The second-order valence-corrected chi connectivity index (χ2v) is 3.25. The Morgan fingerprint density at radius 3 is 2.50 bits per heavy atom. The summed E-state index contributed by atoms with van der Waals surface area (Å²) < 4.78 is 0. The predicted octanol–water partition coefficient (Wildman–Crippen LogP) is 2.06. The molecule has 1 rings (SSSR count). The van der Waals surface area contributed by atoms with E-state index < -0.39 is 0 Å². The van der Waals surface area contributed by atoms with E-state index in [0.29, 0.717) is 0 Å². The third kappa shape index (κ3) is 2.85. The monoisotopic (exact) mass is 183 g/mol. The minimum atomic E-state index is 0.755. The third-order valence-electron chi connectivity index (χ3n) is 1.58. The fraction of sp³-hybridized carbons (Fsp3) is 0.333. The third-order valence-corrected chi connectivity index (χ3v) is 2.32. The van der Waals surface area contributed by atoms with Crippen LogP contribution in [-0.4, -0.2) is 13.4 Å². The number of hydrogen-bond donors (Lipinski definition) is 1. The van der Waals surface area contributed by atoms with Crippen LogP contribution in [0.15, 0.2) is 29.2 Å². The first kappa shape index (κ1) is 9.58. The summed E-state index contributed by atoms with van der Waals surface area (Å²) in [6.45, 7) is 0.755. The van der Waals surface area contributed by atoms with Crippen molar-refractivity contribution in [2.45, 2.75) is 11.4 Å². The Bertz CT molecular complexity index is 222. The van der Waals surface area contributed by atoms with Gasteiger partial charge in [0.05, 0.1) is 7.11 Å². The molecule has 0 saturated carbocycles. The summed E-state index contributed by atoms with van der Waals surface area (Å²) in [6.07, 6.45) is 2.07. The summed E-state index contributed by atoms with van der Waals surface area (Å²) in [5, 5.41) is 0. The molecule has 0 radical (unpaired) electrons. The molecule has 0 aliphatic carbocycles. The fourth-order valence-corrected chi connectivity index (χ4v) is 1.31. The standard InChI is InChI=1S/C9H13NOS/c1-11-10-7-8-3-5-9(12-2)6-4-8/h3-6,10H,7H2,1-2H3. The molecule has 0 aliphatic heterocycles. The molecule has 1 aromatic carbocycles. The second kappa shape index (κ2) is 5.19. The van der Waals surface area contributed by atoms with Crippen molar-refractivity contribution in [2.75, 3.05) is 13.4 Å². The Kier molecular flexibility index (Phi) is 4.14. The lowest BCUT2D eigenvalue weighted by Crippen LogP contribution is -2.10. The summed E-state index contributed by atoms with van der Waals surface area (Å²) in [5.41, 5.74) is 4.03. The molecule has 0 unspecified atom stereocenters. The summed E-state index contributed by atoms with van der Waals surface area (Å²) in [7, 11) is 1.62. The smallest absolute Gasteiger partial charge is 0.0572 e. The van der Waals surface area contributed by atoms with Gasteiger partial charge in [0.2, 0.25) is 0 Å². The van der Waals surface area contributed by atoms with Crippen molar-refractivity contribution >= 4 is 11.8 Å². The molecule has 0 heterocycles. The molecule has 0 atom stereocenters. The molecule has 0 amide bonds. The minimum absolute atomic E-state index is 0.755. The van der Waals surface area contributed by atoms with Crippen LogP contribution >= 0.6 is 11.8 Å². The van der Waals surface area contributed by atoms with Gasteiger partial charge in [0.25, 0.3) is 0 Å². The Morgan fingerprint density at radius 2 is 2.00 bits per heavy atom. The second-order valence-electron chi connectivity index (χ2n) is 2.37. The normalized spacial score (nSPS) is 10.2. The van der Waals surface area contributed by atoms with Crippen LogP contribution in [0.4, 0.5) is 0 Å². The first-order valence-electron chi connectivity index (χ1n) is 3.75. The van der Waals surface area contributed by atoms with Gasteiger partial charge < -0.3 is 4.84 Å². The summed E-state index contributed by atoms with van der Waals surface area (Å²) >= 11 is 1.75. The van der Waals surface area contributed by atoms with Gasteiger partial charge in [-0.1, -0.05) is 12.1 Å². The number of thioether (sulfide) groups is 1. The van der Waals surface area contributed by atoms with E-state index in [2.05, 4.69) is 36.0 Å². The van der Waals surface area contributed by atoms with E-state index in [-0.39, 0.29) is 0 Å². The average molecular weight is 183 g/mol. The summed E-state index contributed by atoms with van der Waals surface area (Å²) in [5.74, 6) is 0. The van der Waals surface area contributed by atoms with Crippen LogP contribution in [0.25, 0.3) is 0 Å². The molecular weight excluding hydrogens is 170 g/mol. The largest absolute Gasteiger partial charge is 0.305 e. The van der Waals surface area contributed by atoms with Crippen LogP contribution < -0.4 is 5.48 Å². The molecule has 0 bridgehead atoms. The van der Waals surface area contributed by atoms with Crippen LogP contribution in [0.5, 0.6) is 0 Å². The Balaban J connectivity index is 2.53. The van der Waals surface area contributed by atoms with Gasteiger partial charge in [-0.2, -0.15) is 5.48 Å². The van der Waals surface area contributed by atoms with Crippen LogP contribution in [0, 0.1) is 0 Å². The SMILES string of the molecule is CONCc1ccc(SC)cc1. The van der Waals surface area contributed by atoms with Crippen LogP contribution in [-0.2, 0) is 11.4 Å². The first-order chi connectivity index (χ1) is 5.86. The Hall–Kier alpha value is -0.510. The van der Waals surface area contributed by atoms with Crippen molar-refractivity contribution in [1.29, 1.82) is 0 Å². The number of hydrogen-bond acceptors (Lipinski definition) is 3. The maximum Gasteiger partial charge on any atom is 0.0572 e. The zero-order chi connectivity index (χ0) is 8.81. The molecule has 0 aliphatic rings. The van der Waals surface area contributed by atoms with Crippen molar-refractivity contribution in [3.8, 4) is 0 Å². The van der Waals surface area contributed by atoms with E-state index in [1.165, 1.54) is 10.5 Å². The summed E-state index contributed by atoms with van der Waals surface area (Å²) in [4.78, 5) is 6.04. The van der Waals surface area contributed by atoms with Crippen molar-refractivity contribution in [2.24, 2.45) is 0 Å². The molecule has 1 N–H and O–H groups in total. The Morgan fingerprint density at radius 1 is 1.33 bits per heavy atom. The van der Waals surface area contributed by atoms with Gasteiger partial charge in [0, 0.05) is 11.4 Å². The van der Waals surface area contributed by atoms with Gasteiger partial charge >= 0.3 is 0 Å². The molecule has 12 heavy (non-hydrogen) atoms. The lowest BCUT2D eigenvalue weighted by atomic mass is 10.2. The van der Waals surface area contributed by atoms with E-state index in [0.717, 1.165) is 6.54 Å². The zero-order valence-corrected chi connectivity index (χ0v) is 8.15. The molecule has 0 saturated heterocycles. The van der Waals surface area contributed by atoms with Crippen LogP contribution in [0.1, 0.15) is 5.56 Å². The maximum atomic E-state index is 4.75. The minimum Gasteiger partial charge on any atom is -0.305 e. The molecular formula is C9H13NOS. The van der Waals surface area contributed by atoms with Crippen molar-refractivity contribution in [1.82, 2.24) is 5.48 Å². The number of nitrogens with one attached hydrogen (secondary N) is 1. The highest BCUT2D eigenvalue weighted by molar-refractivity contribution is 7.98.